The Labute approximate surface area is 164 Å². The highest BCUT2D eigenvalue weighted by Gasteiger charge is 2.20. The van der Waals surface area contributed by atoms with Crippen molar-refractivity contribution in [3.63, 3.8) is 0 Å². The van der Waals surface area contributed by atoms with Gasteiger partial charge in [-0.25, -0.2) is 15.0 Å². The van der Waals surface area contributed by atoms with Crippen molar-refractivity contribution in [3.8, 4) is 0 Å². The number of nitrogens with zero attached hydrogens (tertiary/aromatic N) is 4. The van der Waals surface area contributed by atoms with Gasteiger partial charge in [0, 0.05) is 28.3 Å². The van der Waals surface area contributed by atoms with E-state index in [1.807, 2.05) is 36.6 Å². The second-order valence-electron chi connectivity index (χ2n) is 6.88. The third-order valence-corrected chi connectivity index (χ3v) is 7.16. The van der Waals surface area contributed by atoms with E-state index in [4.69, 9.17) is 0 Å². The fourth-order valence-electron chi connectivity index (χ4n) is 3.65. The normalized spacial score (nSPS) is 14.0. The Morgan fingerprint density at radius 2 is 2.11 bits per heavy atom. The molecule has 0 fully saturated rings. The van der Waals surface area contributed by atoms with E-state index in [1.165, 1.54) is 28.7 Å². The molecule has 1 aliphatic rings. The van der Waals surface area contributed by atoms with Crippen LogP contribution >= 0.6 is 23.1 Å². The summed E-state index contributed by atoms with van der Waals surface area (Å²) in [6, 6.07) is 5.49. The molecule has 0 radical (unpaired) electrons. The molecule has 0 spiro atoms. The molecule has 4 heterocycles. The summed E-state index contributed by atoms with van der Waals surface area (Å²) in [6.07, 6.45) is 8.25. The van der Waals surface area contributed by atoms with E-state index in [-0.39, 0.29) is 5.56 Å². The number of hydrogen-bond donors (Lipinski definition) is 0. The second kappa shape index (κ2) is 6.73. The van der Waals surface area contributed by atoms with Crippen LogP contribution in [-0.4, -0.2) is 19.4 Å². The number of pyridine rings is 1. The van der Waals surface area contributed by atoms with Gasteiger partial charge in [-0.3, -0.25) is 9.20 Å². The lowest BCUT2D eigenvalue weighted by Crippen LogP contribution is -2.15. The molecular formula is C20H18N4OS2. The molecule has 0 N–H and O–H groups in total. The van der Waals surface area contributed by atoms with Gasteiger partial charge in [0.25, 0.3) is 5.56 Å². The van der Waals surface area contributed by atoms with Crippen LogP contribution in [0.25, 0.3) is 15.9 Å². The molecule has 4 aromatic rings. The highest BCUT2D eigenvalue weighted by Crippen LogP contribution is 2.39. The first-order valence-electron chi connectivity index (χ1n) is 9.06. The summed E-state index contributed by atoms with van der Waals surface area (Å²) in [6.45, 7) is 1.97. The average molecular weight is 395 g/mol. The summed E-state index contributed by atoms with van der Waals surface area (Å²) >= 11 is 3.45. The summed E-state index contributed by atoms with van der Waals surface area (Å²) in [4.78, 5) is 28.7. The van der Waals surface area contributed by atoms with Gasteiger partial charge in [-0.15, -0.1) is 11.3 Å². The molecule has 0 saturated heterocycles. The average Bonchev–Trinajstić information content (AvgIpc) is 3.06. The Morgan fingerprint density at radius 3 is 3.04 bits per heavy atom. The van der Waals surface area contributed by atoms with Crippen LogP contribution in [0.15, 0.2) is 40.5 Å². The Balaban J connectivity index is 1.50. The van der Waals surface area contributed by atoms with Crippen LogP contribution in [-0.2, 0) is 18.6 Å². The van der Waals surface area contributed by atoms with Crippen molar-refractivity contribution in [1.29, 1.82) is 0 Å². The quantitative estimate of drug-likeness (QED) is 0.385. The van der Waals surface area contributed by atoms with Gasteiger partial charge in [0.2, 0.25) is 0 Å². The Morgan fingerprint density at radius 1 is 1.22 bits per heavy atom. The maximum absolute atomic E-state index is 12.4. The SMILES string of the molecule is Cc1ccc2nc(CSc3ncnc4sc5c(c34)CCCC5)cc(=O)n2c1. The zero-order valence-corrected chi connectivity index (χ0v) is 16.6. The molecule has 0 amide bonds. The monoisotopic (exact) mass is 394 g/mol. The van der Waals surface area contributed by atoms with Crippen molar-refractivity contribution in [3.05, 3.63) is 62.8 Å². The molecule has 136 valence electrons. The van der Waals surface area contributed by atoms with Crippen molar-refractivity contribution in [2.45, 2.75) is 43.4 Å². The number of hydrogen-bond acceptors (Lipinski definition) is 6. The maximum Gasteiger partial charge on any atom is 0.258 e. The topological polar surface area (TPSA) is 60.2 Å². The lowest BCUT2D eigenvalue weighted by molar-refractivity contribution is 0.699. The molecule has 5 nitrogen and oxygen atoms in total. The minimum Gasteiger partial charge on any atom is -0.269 e. The summed E-state index contributed by atoms with van der Waals surface area (Å²) in [5.41, 5.74) is 3.90. The van der Waals surface area contributed by atoms with Crippen LogP contribution in [0.4, 0.5) is 0 Å². The second-order valence-corrected chi connectivity index (χ2v) is 8.93. The van der Waals surface area contributed by atoms with Gasteiger partial charge in [-0.2, -0.15) is 0 Å². The van der Waals surface area contributed by atoms with Gasteiger partial charge >= 0.3 is 0 Å². The number of rotatable bonds is 3. The van der Waals surface area contributed by atoms with Gasteiger partial charge in [0.05, 0.1) is 5.69 Å². The lowest BCUT2D eigenvalue weighted by atomic mass is 9.97. The third-order valence-electron chi connectivity index (χ3n) is 4.93. The lowest BCUT2D eigenvalue weighted by Gasteiger charge is -2.11. The number of aromatic nitrogens is 4. The number of thiophene rings is 1. The van der Waals surface area contributed by atoms with Crippen LogP contribution in [0.2, 0.25) is 0 Å². The number of thioether (sulfide) groups is 1. The molecule has 27 heavy (non-hydrogen) atoms. The van der Waals surface area contributed by atoms with Gasteiger partial charge < -0.3 is 0 Å². The zero-order chi connectivity index (χ0) is 18.4. The Hall–Kier alpha value is -2.25. The number of aryl methyl sites for hydroxylation is 3. The van der Waals surface area contributed by atoms with Gasteiger partial charge in [0.1, 0.15) is 21.8 Å². The van der Waals surface area contributed by atoms with Gasteiger partial charge in [-0.05, 0) is 49.8 Å². The Kier molecular flexibility index (Phi) is 4.21. The summed E-state index contributed by atoms with van der Waals surface area (Å²) < 4.78 is 1.60. The van der Waals surface area contributed by atoms with Crippen LogP contribution < -0.4 is 5.56 Å². The molecule has 0 saturated carbocycles. The molecule has 5 rings (SSSR count). The molecular weight excluding hydrogens is 376 g/mol. The molecule has 7 heteroatoms. The third kappa shape index (κ3) is 3.04. The molecule has 0 bridgehead atoms. The Bertz CT molecular complexity index is 1230. The first kappa shape index (κ1) is 16.9. The van der Waals surface area contributed by atoms with E-state index in [1.54, 1.807) is 28.6 Å². The fourth-order valence-corrected chi connectivity index (χ4v) is 5.86. The maximum atomic E-state index is 12.4. The van der Waals surface area contributed by atoms with Crippen LogP contribution in [0, 0.1) is 6.92 Å². The van der Waals surface area contributed by atoms with Crippen molar-refractivity contribution in [1.82, 2.24) is 19.4 Å². The van der Waals surface area contributed by atoms with Crippen molar-refractivity contribution < 1.29 is 0 Å². The largest absolute Gasteiger partial charge is 0.269 e. The van der Waals surface area contributed by atoms with E-state index in [0.717, 1.165) is 34.0 Å². The summed E-state index contributed by atoms with van der Waals surface area (Å²) in [5.74, 6) is 0.621. The van der Waals surface area contributed by atoms with Crippen molar-refractivity contribution >= 4 is 39.0 Å². The fraction of sp³-hybridized carbons (Fsp3) is 0.300. The highest BCUT2D eigenvalue weighted by atomic mass is 32.2. The van der Waals surface area contributed by atoms with Crippen molar-refractivity contribution in [2.24, 2.45) is 0 Å². The van der Waals surface area contributed by atoms with E-state index >= 15 is 0 Å². The van der Waals surface area contributed by atoms with Gasteiger partial charge in [-0.1, -0.05) is 17.8 Å². The molecule has 0 aromatic carbocycles. The summed E-state index contributed by atoms with van der Waals surface area (Å²) in [5, 5.41) is 2.22. The minimum atomic E-state index is -0.0416. The molecule has 1 aliphatic carbocycles. The standard InChI is InChI=1S/C20H18N4OS2/c1-12-6-7-16-23-13(8-17(25)24(16)9-12)10-26-19-18-14-4-2-3-5-15(14)27-20(18)22-11-21-19/h6-9,11H,2-5,10H2,1H3. The summed E-state index contributed by atoms with van der Waals surface area (Å²) in [7, 11) is 0. The predicted molar refractivity (Wildman–Crippen MR) is 110 cm³/mol. The van der Waals surface area contributed by atoms with Crippen molar-refractivity contribution in [2.75, 3.05) is 0 Å². The van der Waals surface area contributed by atoms with E-state index in [2.05, 4.69) is 15.0 Å². The van der Waals surface area contributed by atoms with Crippen LogP contribution in [0.3, 0.4) is 0 Å². The van der Waals surface area contributed by atoms with E-state index < -0.39 is 0 Å². The first-order valence-corrected chi connectivity index (χ1v) is 10.9. The van der Waals surface area contributed by atoms with Gasteiger partial charge in [0.15, 0.2) is 0 Å². The molecule has 0 unspecified atom stereocenters. The molecule has 4 aromatic heterocycles. The number of fused-ring (bicyclic) bond motifs is 4. The van der Waals surface area contributed by atoms with Crippen LogP contribution in [0.5, 0.6) is 0 Å². The highest BCUT2D eigenvalue weighted by molar-refractivity contribution is 7.98. The minimum absolute atomic E-state index is 0.0416. The first-order chi connectivity index (χ1) is 13.2. The van der Waals surface area contributed by atoms with Crippen LogP contribution in [0.1, 0.15) is 34.5 Å². The zero-order valence-electron chi connectivity index (χ0n) is 14.9. The molecule has 0 aliphatic heterocycles. The molecule has 0 atom stereocenters. The van der Waals surface area contributed by atoms with E-state index in [0.29, 0.717) is 11.4 Å². The smallest absolute Gasteiger partial charge is 0.258 e. The predicted octanol–water partition coefficient (Wildman–Crippen LogP) is 4.18. The van der Waals surface area contributed by atoms with E-state index in [9.17, 15) is 4.79 Å².